The molecule has 0 heteroatoms. The zero-order valence-corrected chi connectivity index (χ0v) is 93.7. The summed E-state index contributed by atoms with van der Waals surface area (Å²) < 4.78 is 0. The van der Waals surface area contributed by atoms with Crippen LogP contribution in [0.2, 0.25) is 0 Å². The summed E-state index contributed by atoms with van der Waals surface area (Å²) in [7, 11) is 0. The fourth-order valence-corrected chi connectivity index (χ4v) is 16.2. The Kier molecular flexibility index (Phi) is 69.1. The molecule has 0 aliphatic carbocycles. The summed E-state index contributed by atoms with van der Waals surface area (Å²) in [5, 5.41) is 0. The number of benzene rings is 9. The van der Waals surface area contributed by atoms with Crippen molar-refractivity contribution in [3.63, 3.8) is 0 Å². The van der Waals surface area contributed by atoms with Gasteiger partial charge in [0.2, 0.25) is 0 Å². The number of unbranched alkanes of at least 4 members (excludes halogenated alkanes) is 1. The van der Waals surface area contributed by atoms with Crippen molar-refractivity contribution < 1.29 is 0 Å². The average molecular weight is 1810 g/mol. The van der Waals surface area contributed by atoms with Gasteiger partial charge in [-0.3, -0.25) is 0 Å². The maximum absolute atomic E-state index is 2.38. The lowest BCUT2D eigenvalue weighted by atomic mass is 9.94. The zero-order valence-electron chi connectivity index (χ0n) is 93.7. The van der Waals surface area contributed by atoms with E-state index in [1.54, 1.807) is 33.4 Å². The maximum Gasteiger partial charge on any atom is -0.0219 e. The molecule has 0 atom stereocenters. The molecule has 0 radical (unpaired) electrons. The fraction of sp³-hybridized carbons (Fsp3) is 0.594. The smallest absolute Gasteiger partial charge is 0.0219 e. The van der Waals surface area contributed by atoms with Gasteiger partial charge in [0.1, 0.15) is 0 Å². The summed E-state index contributed by atoms with van der Waals surface area (Å²) in [6, 6.07) is 81.3. The lowest BCUT2D eigenvalue weighted by molar-refractivity contribution is 0.553. The second kappa shape index (κ2) is 74.1. The van der Waals surface area contributed by atoms with Crippen LogP contribution >= 0.6 is 0 Å². The normalized spacial score (nSPS) is 11.3. The number of hydrogen-bond acceptors (Lipinski definition) is 0. The van der Waals surface area contributed by atoms with Crippen molar-refractivity contribution in [2.75, 3.05) is 0 Å². The average Bonchev–Trinajstić information content (AvgIpc) is 0.885. The summed E-state index contributed by atoms with van der Waals surface area (Å²) in [4.78, 5) is 0. The molecule has 0 spiro atoms. The first kappa shape index (κ1) is 124. The highest BCUT2D eigenvalue weighted by molar-refractivity contribution is 5.33. The molecule has 0 heterocycles. The molecule has 0 unspecified atom stereocenters. The fourth-order valence-electron chi connectivity index (χ4n) is 16.2. The van der Waals surface area contributed by atoms with Crippen molar-refractivity contribution in [1.82, 2.24) is 0 Å². The molecule has 744 valence electrons. The third kappa shape index (κ3) is 67.0. The van der Waals surface area contributed by atoms with Crippen LogP contribution < -0.4 is 0 Å². The van der Waals surface area contributed by atoms with Crippen LogP contribution in [-0.4, -0.2) is 0 Å². The summed E-state index contributed by atoms with van der Waals surface area (Å²) in [5.74, 6) is 13.0. The molecule has 0 N–H and O–H groups in total. The third-order valence-electron chi connectivity index (χ3n) is 24.4. The lowest BCUT2D eigenvalue weighted by Crippen LogP contribution is -2.00. The first-order chi connectivity index (χ1) is 62.9. The molecule has 0 aliphatic rings. The molecule has 0 amide bonds. The minimum Gasteiger partial charge on any atom is -0.0654 e. The molecule has 0 saturated heterocycles. The van der Waals surface area contributed by atoms with Crippen LogP contribution in [0.1, 0.15) is 437 Å². The lowest BCUT2D eigenvalue weighted by Gasteiger charge is -2.12. The van der Waals surface area contributed by atoms with Crippen LogP contribution in [0.4, 0.5) is 0 Å². The molecule has 133 heavy (non-hydrogen) atoms. The Bertz CT molecular complexity index is 4020. The van der Waals surface area contributed by atoms with Gasteiger partial charge in [-0.25, -0.2) is 0 Å². The van der Waals surface area contributed by atoms with Crippen molar-refractivity contribution in [3.8, 4) is 0 Å². The van der Waals surface area contributed by atoms with Gasteiger partial charge in [0.05, 0.1) is 0 Å². The Morgan fingerprint density at radius 2 is 0.383 bits per heavy atom. The van der Waals surface area contributed by atoms with Crippen LogP contribution in [-0.2, 0) is 96.3 Å². The molecule has 0 nitrogen and oxygen atoms in total. The topological polar surface area (TPSA) is 0 Å². The molecular weight excluding hydrogens is 1600 g/mol. The highest BCUT2D eigenvalue weighted by atomic mass is 14.2. The first-order valence-electron chi connectivity index (χ1n) is 54.6. The molecule has 9 aromatic rings. The van der Waals surface area contributed by atoms with Crippen molar-refractivity contribution in [2.24, 2.45) is 82.9 Å². The van der Waals surface area contributed by atoms with E-state index >= 15 is 0 Å². The van der Waals surface area contributed by atoms with Gasteiger partial charge < -0.3 is 0 Å². The van der Waals surface area contributed by atoms with Gasteiger partial charge in [0, 0.05) is 0 Å². The van der Waals surface area contributed by atoms with Crippen molar-refractivity contribution >= 4 is 0 Å². The highest BCUT2D eigenvalue weighted by Gasteiger charge is 2.12. The minimum atomic E-state index is 0.647. The highest BCUT2D eigenvalue weighted by Crippen LogP contribution is 2.26. The van der Waals surface area contributed by atoms with Gasteiger partial charge in [-0.2, -0.15) is 0 Å². The zero-order chi connectivity index (χ0) is 99.8. The number of hydrogen-bond donors (Lipinski definition) is 0. The molecule has 9 rings (SSSR count). The van der Waals surface area contributed by atoms with E-state index in [9.17, 15) is 0 Å². The SMILES string of the molecule is CC(C)CCCc1cccc(C(C)C)c1.CC(C)CCCc1ccccc1CC(C)C.CC(C)CCc1ccc(C(C)C)cc1.CC(C)CCc1ccc(C(C)C)cc1.CC(C)CCc1cccc(CC(C)C)c1.CC(C)CCc1cccc(CC(C)C)c1.CC(C)CCc1ccccc1CCC(C)C.CC(C)Cc1ccc(CC(C)C)cc1.CCCCc1ccccc1CC(C)C. The Morgan fingerprint density at radius 1 is 0.150 bits per heavy atom. The van der Waals surface area contributed by atoms with E-state index in [0.29, 0.717) is 17.8 Å². The van der Waals surface area contributed by atoms with Crippen LogP contribution in [0.15, 0.2) is 218 Å². The summed E-state index contributed by atoms with van der Waals surface area (Å²) in [6.07, 6.45) is 34.1. The van der Waals surface area contributed by atoms with E-state index in [1.165, 1.54) is 240 Å². The predicted octanol–water partition coefficient (Wildman–Crippen LogP) is 40.6. The van der Waals surface area contributed by atoms with Gasteiger partial charge in [-0.1, -0.05) is 480 Å². The summed E-state index contributed by atoms with van der Waals surface area (Å²) in [6.45, 7) is 79.8. The van der Waals surface area contributed by atoms with Crippen LogP contribution in [0.3, 0.4) is 0 Å². The standard InChI is InChI=1S/2C16H26.3C15H24.4C14H22/c1-13(2)8-7-11-15-9-5-6-10-16(15)12-14(3)4;1-13(2)9-11-15-7-5-6-8-16(15)12-10-14(3)4;1-12(2)7-5-8-14-9-6-10-15(11-14)13(3)4;2*1-12(2)8-9-14-6-5-7-15(11-14)10-13(3)4;1-11(2)9-13-5-7-14(8-6-13)10-12(3)4;2*1-11(2)5-6-13-7-9-14(10-8-13)12(3)4;1-4-5-8-13-9-6-7-10-14(13)11-12(2)3/h5-6,9-10,13-14H,7-8,11-12H2,1-4H3;5-8,13-14H,9-12H2,1-4H3;6,9-13H,5,7-8H2,1-4H3;2*5-7,11-13H,8-10H2,1-4H3;5-8,11-12H,9-10H2,1-4H3;2*7-12H,5-6H2,1-4H3;6-7,9-10,12H,4-5,8,11H2,1-3H3. The summed E-state index contributed by atoms with van der Waals surface area (Å²) >= 11 is 0. The van der Waals surface area contributed by atoms with Crippen molar-refractivity contribution in [2.45, 2.75) is 433 Å². The third-order valence-corrected chi connectivity index (χ3v) is 24.4. The number of aryl methyl sites for hydroxylation is 9. The van der Waals surface area contributed by atoms with E-state index < -0.39 is 0 Å². The van der Waals surface area contributed by atoms with Crippen LogP contribution in [0.5, 0.6) is 0 Å². The molecule has 0 bridgehead atoms. The van der Waals surface area contributed by atoms with Crippen molar-refractivity contribution in [3.05, 3.63) is 319 Å². The molecule has 9 aromatic carbocycles. The maximum atomic E-state index is 2.38. The Hall–Kier alpha value is -7.02. The van der Waals surface area contributed by atoms with Crippen LogP contribution in [0.25, 0.3) is 0 Å². The molecule has 0 saturated carbocycles. The molecule has 0 fully saturated rings. The summed E-state index contributed by atoms with van der Waals surface area (Å²) in [5.41, 5.74) is 27.1. The monoisotopic (exact) mass is 1810 g/mol. The van der Waals surface area contributed by atoms with Crippen molar-refractivity contribution in [1.29, 1.82) is 0 Å². The molecule has 0 aliphatic heterocycles. The first-order valence-corrected chi connectivity index (χ1v) is 54.6. The number of rotatable bonds is 44. The largest absolute Gasteiger partial charge is 0.0654 e. The van der Waals surface area contributed by atoms with E-state index in [2.05, 4.69) is 461 Å². The van der Waals surface area contributed by atoms with Gasteiger partial charge in [0.25, 0.3) is 0 Å². The molecule has 0 aromatic heterocycles. The van der Waals surface area contributed by atoms with Crippen LogP contribution in [0, 0.1) is 82.9 Å². The van der Waals surface area contributed by atoms with E-state index in [-0.39, 0.29) is 0 Å². The van der Waals surface area contributed by atoms with E-state index in [1.807, 2.05) is 0 Å². The van der Waals surface area contributed by atoms with Gasteiger partial charge in [0.15, 0.2) is 0 Å². The quantitative estimate of drug-likeness (QED) is 0.0357. The minimum absolute atomic E-state index is 0.647. The molecular formula is C133H212. The van der Waals surface area contributed by atoms with Gasteiger partial charge >= 0.3 is 0 Å². The second-order valence-corrected chi connectivity index (χ2v) is 46.3. The van der Waals surface area contributed by atoms with Gasteiger partial charge in [-0.05, 0) is 355 Å². The van der Waals surface area contributed by atoms with E-state index in [0.717, 1.165) is 82.9 Å². The van der Waals surface area contributed by atoms with E-state index in [4.69, 9.17) is 0 Å². The Labute approximate surface area is 829 Å². The van der Waals surface area contributed by atoms with Gasteiger partial charge in [-0.15, -0.1) is 0 Å². The Morgan fingerprint density at radius 3 is 0.669 bits per heavy atom. The Balaban J connectivity index is 0.000000748. The second-order valence-electron chi connectivity index (χ2n) is 46.3. The predicted molar refractivity (Wildman–Crippen MR) is 605 cm³/mol.